The number of pyridine rings is 1. The van der Waals surface area contributed by atoms with Gasteiger partial charge in [0.05, 0.1) is 11.7 Å². The van der Waals surface area contributed by atoms with Crippen LogP contribution < -0.4 is 10.6 Å². The van der Waals surface area contributed by atoms with Crippen molar-refractivity contribution in [3.05, 3.63) is 107 Å². The molecule has 3 heterocycles. The molecule has 0 unspecified atom stereocenters. The summed E-state index contributed by atoms with van der Waals surface area (Å²) in [6.07, 6.45) is 1.91. The standard InChI is InChI=1S/C27H22ClFN4O2S/c28-18-6-4-17(5-7-18)22-12-13-23(35-22)26-25(21-3-1-2-15-30-21)32-27(36)33(26)16-14-24(34)31-20-10-8-19(29)9-11-20/h1-13,15,25-26H,14,16H2,(H,31,34)(H,32,36)/t25-,26-/m0/s1. The Kier molecular flexibility index (Phi) is 6.97. The summed E-state index contributed by atoms with van der Waals surface area (Å²) in [5, 5.41) is 7.30. The van der Waals surface area contributed by atoms with Crippen molar-refractivity contribution in [3.8, 4) is 11.3 Å². The van der Waals surface area contributed by atoms with Gasteiger partial charge < -0.3 is 20.0 Å². The van der Waals surface area contributed by atoms with Crippen LogP contribution in [-0.2, 0) is 4.79 Å². The van der Waals surface area contributed by atoms with Gasteiger partial charge in [0, 0.05) is 35.4 Å². The maximum atomic E-state index is 13.2. The fraction of sp³-hybridized carbons (Fsp3) is 0.148. The van der Waals surface area contributed by atoms with Crippen molar-refractivity contribution < 1.29 is 13.6 Å². The minimum Gasteiger partial charge on any atom is -0.459 e. The lowest BCUT2D eigenvalue weighted by Gasteiger charge is -2.25. The number of anilines is 1. The number of halogens is 2. The van der Waals surface area contributed by atoms with Crippen molar-refractivity contribution in [1.82, 2.24) is 15.2 Å². The molecule has 0 aliphatic carbocycles. The smallest absolute Gasteiger partial charge is 0.226 e. The van der Waals surface area contributed by atoms with Crippen molar-refractivity contribution in [2.45, 2.75) is 18.5 Å². The molecule has 1 amide bonds. The molecule has 6 nitrogen and oxygen atoms in total. The summed E-state index contributed by atoms with van der Waals surface area (Å²) in [7, 11) is 0. The second-order valence-corrected chi connectivity index (χ2v) is 9.16. The molecule has 1 saturated heterocycles. The molecule has 0 radical (unpaired) electrons. The molecule has 1 fully saturated rings. The number of hydrogen-bond acceptors (Lipinski definition) is 4. The van der Waals surface area contributed by atoms with Gasteiger partial charge in [0.1, 0.15) is 23.4 Å². The van der Waals surface area contributed by atoms with Crippen LogP contribution in [0.25, 0.3) is 11.3 Å². The number of amides is 1. The van der Waals surface area contributed by atoms with Crippen molar-refractivity contribution in [3.63, 3.8) is 0 Å². The third-order valence-electron chi connectivity index (χ3n) is 5.95. The summed E-state index contributed by atoms with van der Waals surface area (Å²) in [4.78, 5) is 19.1. The van der Waals surface area contributed by atoms with Crippen LogP contribution in [0, 0.1) is 5.82 Å². The highest BCUT2D eigenvalue weighted by molar-refractivity contribution is 7.80. The van der Waals surface area contributed by atoms with E-state index in [9.17, 15) is 9.18 Å². The summed E-state index contributed by atoms with van der Waals surface area (Å²) in [5.74, 6) is 0.835. The average molecular weight is 521 g/mol. The molecule has 2 aromatic carbocycles. The number of carbonyl (C=O) groups excluding carboxylic acids is 1. The van der Waals surface area contributed by atoms with Crippen molar-refractivity contribution in [2.24, 2.45) is 0 Å². The van der Waals surface area contributed by atoms with Gasteiger partial charge in [-0.05, 0) is 85.0 Å². The Labute approximate surface area is 218 Å². The normalized spacial score (nSPS) is 17.2. The van der Waals surface area contributed by atoms with Gasteiger partial charge in [0.15, 0.2) is 5.11 Å². The summed E-state index contributed by atoms with van der Waals surface area (Å²) < 4.78 is 19.5. The number of rotatable bonds is 7. The third-order valence-corrected chi connectivity index (χ3v) is 6.56. The number of furan rings is 1. The van der Waals surface area contributed by atoms with E-state index >= 15 is 0 Å². The van der Waals surface area contributed by atoms with E-state index in [1.165, 1.54) is 24.3 Å². The van der Waals surface area contributed by atoms with E-state index in [2.05, 4.69) is 15.6 Å². The zero-order valence-electron chi connectivity index (χ0n) is 19.0. The van der Waals surface area contributed by atoms with E-state index in [0.717, 1.165) is 11.3 Å². The molecule has 182 valence electrons. The Morgan fingerprint density at radius 3 is 2.58 bits per heavy atom. The first-order chi connectivity index (χ1) is 17.5. The second-order valence-electron chi connectivity index (χ2n) is 8.33. The van der Waals surface area contributed by atoms with Gasteiger partial charge in [0.25, 0.3) is 0 Å². The van der Waals surface area contributed by atoms with Gasteiger partial charge >= 0.3 is 0 Å². The first-order valence-corrected chi connectivity index (χ1v) is 12.2. The molecular weight excluding hydrogens is 499 g/mol. The predicted octanol–water partition coefficient (Wildman–Crippen LogP) is 6.14. The first-order valence-electron chi connectivity index (χ1n) is 11.4. The number of aromatic nitrogens is 1. The maximum Gasteiger partial charge on any atom is 0.226 e. The minimum absolute atomic E-state index is 0.176. The zero-order chi connectivity index (χ0) is 25.1. The van der Waals surface area contributed by atoms with Crippen LogP contribution in [0.1, 0.15) is 30.0 Å². The van der Waals surface area contributed by atoms with E-state index in [0.29, 0.717) is 33.9 Å². The molecule has 4 aromatic rings. The number of hydrogen-bond donors (Lipinski definition) is 2. The SMILES string of the molecule is O=C(CCN1C(=S)N[C@@H](c2ccccn2)[C@@H]1c1ccc(-c2ccc(Cl)cc2)o1)Nc1ccc(F)cc1. The van der Waals surface area contributed by atoms with Crippen molar-refractivity contribution in [1.29, 1.82) is 0 Å². The molecule has 9 heteroatoms. The largest absolute Gasteiger partial charge is 0.459 e. The van der Waals surface area contributed by atoms with Gasteiger partial charge in [0.2, 0.25) is 5.91 Å². The highest BCUT2D eigenvalue weighted by Crippen LogP contribution is 2.40. The number of nitrogens with zero attached hydrogens (tertiary/aromatic N) is 2. The van der Waals surface area contributed by atoms with Crippen LogP contribution in [0.3, 0.4) is 0 Å². The topological polar surface area (TPSA) is 70.4 Å². The highest BCUT2D eigenvalue weighted by Gasteiger charge is 2.41. The Morgan fingerprint density at radius 1 is 1.08 bits per heavy atom. The van der Waals surface area contributed by atoms with E-state index in [4.69, 9.17) is 28.2 Å². The summed E-state index contributed by atoms with van der Waals surface area (Å²) in [6.45, 7) is 0.351. The number of thiocarbonyl (C=S) groups is 1. The Bertz CT molecular complexity index is 1360. The van der Waals surface area contributed by atoms with Crippen LogP contribution in [0.2, 0.25) is 5.02 Å². The molecule has 2 aromatic heterocycles. The van der Waals surface area contributed by atoms with Gasteiger partial charge in [-0.1, -0.05) is 17.7 Å². The summed E-state index contributed by atoms with van der Waals surface area (Å²) in [6, 6.07) is 22.0. The molecule has 0 spiro atoms. The molecule has 5 rings (SSSR count). The van der Waals surface area contributed by atoms with Gasteiger partial charge in [-0.3, -0.25) is 9.78 Å². The van der Waals surface area contributed by atoms with Crippen molar-refractivity contribution in [2.75, 3.05) is 11.9 Å². The monoisotopic (exact) mass is 520 g/mol. The number of carbonyl (C=O) groups is 1. The van der Waals surface area contributed by atoms with Crippen LogP contribution >= 0.6 is 23.8 Å². The lowest BCUT2D eigenvalue weighted by molar-refractivity contribution is -0.116. The third kappa shape index (κ3) is 5.24. The summed E-state index contributed by atoms with van der Waals surface area (Å²) in [5.41, 5.74) is 2.25. The van der Waals surface area contributed by atoms with E-state index in [1.54, 1.807) is 6.20 Å². The minimum atomic E-state index is -0.360. The molecule has 1 aliphatic rings. The maximum absolute atomic E-state index is 13.2. The fourth-order valence-corrected chi connectivity index (χ4v) is 4.67. The number of nitrogens with one attached hydrogen (secondary N) is 2. The van der Waals surface area contributed by atoms with E-state index in [1.807, 2.05) is 59.5 Å². The molecule has 2 atom stereocenters. The van der Waals surface area contributed by atoms with Crippen LogP contribution in [0.15, 0.2) is 89.5 Å². The molecule has 2 N–H and O–H groups in total. The molecule has 1 aliphatic heterocycles. The first kappa shape index (κ1) is 24.0. The Hall–Kier alpha value is -3.75. The molecule has 36 heavy (non-hydrogen) atoms. The second kappa shape index (κ2) is 10.5. The quantitative estimate of drug-likeness (QED) is 0.285. The summed E-state index contributed by atoms with van der Waals surface area (Å²) >= 11 is 11.7. The average Bonchev–Trinajstić information content (AvgIpc) is 3.50. The highest BCUT2D eigenvalue weighted by atomic mass is 35.5. The number of benzene rings is 2. The molecule has 0 bridgehead atoms. The molecular formula is C27H22ClFN4O2S. The predicted molar refractivity (Wildman–Crippen MR) is 141 cm³/mol. The fourth-order valence-electron chi connectivity index (χ4n) is 4.22. The van der Waals surface area contributed by atoms with Crippen LogP contribution in [0.4, 0.5) is 10.1 Å². The van der Waals surface area contributed by atoms with Crippen LogP contribution in [-0.4, -0.2) is 27.4 Å². The van der Waals surface area contributed by atoms with Gasteiger partial charge in [-0.25, -0.2) is 4.39 Å². The Balaban J connectivity index is 1.38. The van der Waals surface area contributed by atoms with Crippen molar-refractivity contribution >= 4 is 40.5 Å². The lowest BCUT2D eigenvalue weighted by Crippen LogP contribution is -2.32. The van der Waals surface area contributed by atoms with E-state index < -0.39 is 0 Å². The van der Waals surface area contributed by atoms with Gasteiger partial charge in [-0.2, -0.15) is 0 Å². The lowest BCUT2D eigenvalue weighted by atomic mass is 10.0. The van der Waals surface area contributed by atoms with Crippen LogP contribution in [0.5, 0.6) is 0 Å². The zero-order valence-corrected chi connectivity index (χ0v) is 20.6. The van der Waals surface area contributed by atoms with E-state index in [-0.39, 0.29) is 30.2 Å². The van der Waals surface area contributed by atoms with Gasteiger partial charge in [-0.15, -0.1) is 0 Å². The Morgan fingerprint density at radius 2 is 1.86 bits per heavy atom. The molecule has 0 saturated carbocycles.